The zero-order chi connectivity index (χ0) is 27.5. The number of anilines is 1. The van der Waals surface area contributed by atoms with Crippen LogP contribution in [0.4, 0.5) is 10.1 Å². The molecule has 0 unspecified atom stereocenters. The lowest BCUT2D eigenvalue weighted by Gasteiger charge is -2.23. The van der Waals surface area contributed by atoms with Crippen molar-refractivity contribution in [3.63, 3.8) is 0 Å². The third-order valence-corrected chi connectivity index (χ3v) is 7.67. The first kappa shape index (κ1) is 26.4. The van der Waals surface area contributed by atoms with Crippen LogP contribution in [0.15, 0.2) is 76.8 Å². The first-order valence-corrected chi connectivity index (χ1v) is 13.2. The Morgan fingerprint density at radius 3 is 2.51 bits per heavy atom. The van der Waals surface area contributed by atoms with Gasteiger partial charge in [-0.25, -0.2) is 9.40 Å². The van der Waals surface area contributed by atoms with E-state index in [9.17, 15) is 14.0 Å². The molecule has 0 aromatic heterocycles. The van der Waals surface area contributed by atoms with E-state index in [-0.39, 0.29) is 24.2 Å². The first-order valence-electron chi connectivity index (χ1n) is 12.3. The summed E-state index contributed by atoms with van der Waals surface area (Å²) in [6.07, 6.45) is 0.484. The molecule has 0 fully saturated rings. The van der Waals surface area contributed by atoms with E-state index in [1.807, 2.05) is 31.2 Å². The smallest absolute Gasteiger partial charge is 0.262 e. The highest BCUT2D eigenvalue weighted by Gasteiger charge is 2.39. The largest absolute Gasteiger partial charge is 0.497 e. The van der Waals surface area contributed by atoms with E-state index in [0.29, 0.717) is 28.8 Å². The molecule has 8 nitrogen and oxygen atoms in total. The summed E-state index contributed by atoms with van der Waals surface area (Å²) in [6.45, 7) is 2.02. The molecule has 2 atom stereocenters. The molecule has 2 aliphatic rings. The zero-order valence-electron chi connectivity index (χ0n) is 21.7. The van der Waals surface area contributed by atoms with E-state index < -0.39 is 11.2 Å². The number of carbonyl (C=O) groups is 2. The highest BCUT2D eigenvalue weighted by molar-refractivity contribution is 8.15. The lowest BCUT2D eigenvalue weighted by molar-refractivity contribution is -0.121. The predicted octanol–water partition coefficient (Wildman–Crippen LogP) is 5.33. The molecular formula is C29H27FN4O4S. The van der Waals surface area contributed by atoms with Crippen molar-refractivity contribution in [1.82, 2.24) is 5.01 Å². The molecule has 0 spiro atoms. The average Bonchev–Trinajstić information content (AvgIpc) is 3.53. The number of rotatable bonds is 7. The molecule has 2 heterocycles. The van der Waals surface area contributed by atoms with Crippen molar-refractivity contribution in [3.05, 3.63) is 89.2 Å². The number of thioether (sulfide) groups is 1. The van der Waals surface area contributed by atoms with Crippen molar-refractivity contribution >= 4 is 40.1 Å². The van der Waals surface area contributed by atoms with Crippen molar-refractivity contribution in [2.45, 2.75) is 31.1 Å². The third kappa shape index (κ3) is 5.80. The van der Waals surface area contributed by atoms with Gasteiger partial charge in [-0.15, -0.1) is 0 Å². The number of aryl methyl sites for hydroxylation is 1. The molecule has 0 aliphatic carbocycles. The molecule has 0 radical (unpaired) electrons. The normalized spacial score (nSPS) is 18.6. The summed E-state index contributed by atoms with van der Waals surface area (Å²) in [7, 11) is 3.04. The molecule has 0 saturated heterocycles. The Balaban J connectivity index is 1.34. The Kier molecular flexibility index (Phi) is 7.65. The van der Waals surface area contributed by atoms with Crippen LogP contribution in [0.25, 0.3) is 0 Å². The molecule has 3 aromatic carbocycles. The van der Waals surface area contributed by atoms with Crippen LogP contribution in [0.3, 0.4) is 0 Å². The van der Waals surface area contributed by atoms with Crippen LogP contribution < -0.4 is 14.8 Å². The quantitative estimate of drug-likeness (QED) is 0.431. The molecule has 2 amide bonds. The molecule has 3 aromatic rings. The number of hydrogen-bond donors (Lipinski definition) is 1. The van der Waals surface area contributed by atoms with Crippen molar-refractivity contribution in [2.24, 2.45) is 10.1 Å². The van der Waals surface area contributed by atoms with Gasteiger partial charge in [-0.1, -0.05) is 53.7 Å². The summed E-state index contributed by atoms with van der Waals surface area (Å²) in [5, 5.41) is 9.09. The van der Waals surface area contributed by atoms with Crippen molar-refractivity contribution < 1.29 is 23.5 Å². The number of nitrogens with zero attached hydrogens (tertiary/aromatic N) is 3. The summed E-state index contributed by atoms with van der Waals surface area (Å²) in [4.78, 5) is 30.1. The number of halogens is 1. The van der Waals surface area contributed by atoms with Crippen LogP contribution in [0.5, 0.6) is 11.5 Å². The standard InChI is InChI=1S/C29H27FN4O4S/c1-17-4-6-19(7-5-17)24-15-22(18-8-10-20(30)11-9-18)33-34(24)29-32-28(36)26(39-29)16-27(35)31-23-14-21(37-2)12-13-25(23)38-3/h4-14,24,26H,15-16H2,1-3H3,(H,31,35)/t24-,26+/m0/s1. The Bertz CT molecular complexity index is 1460. The van der Waals surface area contributed by atoms with Gasteiger partial charge in [0.05, 0.1) is 31.7 Å². The lowest BCUT2D eigenvalue weighted by atomic mass is 9.98. The second-order valence-electron chi connectivity index (χ2n) is 9.19. The number of hydrogen-bond acceptors (Lipinski definition) is 7. The Labute approximate surface area is 229 Å². The number of aliphatic imine (C=N–C) groups is 1. The summed E-state index contributed by atoms with van der Waals surface area (Å²) < 4.78 is 24.1. The van der Waals surface area contributed by atoms with Gasteiger partial charge in [0, 0.05) is 18.9 Å². The fourth-order valence-corrected chi connectivity index (χ4v) is 5.50. The number of nitrogens with one attached hydrogen (secondary N) is 1. The molecule has 1 N–H and O–H groups in total. The van der Waals surface area contributed by atoms with Crippen LogP contribution in [0, 0.1) is 12.7 Å². The lowest BCUT2D eigenvalue weighted by Crippen LogP contribution is -2.25. The number of carbonyl (C=O) groups excluding carboxylic acids is 2. The van der Waals surface area contributed by atoms with Crippen molar-refractivity contribution in [2.75, 3.05) is 19.5 Å². The van der Waals surface area contributed by atoms with E-state index >= 15 is 0 Å². The summed E-state index contributed by atoms with van der Waals surface area (Å²) in [6, 6.07) is 19.2. The molecule has 5 rings (SSSR count). The second kappa shape index (κ2) is 11.3. The van der Waals surface area contributed by atoms with Gasteiger partial charge in [-0.2, -0.15) is 10.1 Å². The van der Waals surface area contributed by atoms with E-state index in [1.54, 1.807) is 35.3 Å². The molecule has 0 bridgehead atoms. The van der Waals surface area contributed by atoms with Crippen molar-refractivity contribution in [1.29, 1.82) is 0 Å². The van der Waals surface area contributed by atoms with Crippen LogP contribution >= 0.6 is 11.8 Å². The SMILES string of the molecule is COc1ccc(OC)c(NC(=O)C[C@H]2SC(N3N=C(c4ccc(F)cc4)C[C@H]3c3ccc(C)cc3)=NC2=O)c1. The van der Waals surface area contributed by atoms with Gasteiger partial charge in [-0.3, -0.25) is 9.59 Å². The van der Waals surface area contributed by atoms with E-state index in [2.05, 4.69) is 10.3 Å². The molecule has 0 saturated carbocycles. The monoisotopic (exact) mass is 546 g/mol. The molecular weight excluding hydrogens is 519 g/mol. The maximum Gasteiger partial charge on any atom is 0.262 e. The minimum Gasteiger partial charge on any atom is -0.497 e. The van der Waals surface area contributed by atoms with Crippen LogP contribution in [0.1, 0.15) is 35.6 Å². The summed E-state index contributed by atoms with van der Waals surface area (Å²) in [5.74, 6) is -0.0220. The number of ether oxygens (including phenoxy) is 2. The van der Waals surface area contributed by atoms with Crippen LogP contribution in [-0.4, -0.2) is 47.2 Å². The number of amides is 2. The maximum atomic E-state index is 13.5. The van der Waals surface area contributed by atoms with Gasteiger partial charge in [0.15, 0.2) is 5.17 Å². The average molecular weight is 547 g/mol. The Hall–Kier alpha value is -4.18. The van der Waals surface area contributed by atoms with Gasteiger partial charge >= 0.3 is 0 Å². The maximum absolute atomic E-state index is 13.5. The number of methoxy groups -OCH3 is 2. The van der Waals surface area contributed by atoms with Crippen LogP contribution in [0.2, 0.25) is 0 Å². The van der Waals surface area contributed by atoms with Gasteiger partial charge in [0.25, 0.3) is 5.91 Å². The minimum atomic E-state index is -0.694. The van der Waals surface area contributed by atoms with E-state index in [1.165, 1.54) is 38.1 Å². The van der Waals surface area contributed by atoms with Gasteiger partial charge in [0.2, 0.25) is 5.91 Å². The third-order valence-electron chi connectivity index (χ3n) is 6.53. The zero-order valence-corrected chi connectivity index (χ0v) is 22.5. The number of amidine groups is 1. The summed E-state index contributed by atoms with van der Waals surface area (Å²) >= 11 is 1.22. The predicted molar refractivity (Wildman–Crippen MR) is 150 cm³/mol. The Morgan fingerprint density at radius 2 is 1.82 bits per heavy atom. The minimum absolute atomic E-state index is 0.0750. The topological polar surface area (TPSA) is 92.6 Å². The van der Waals surface area contributed by atoms with E-state index in [4.69, 9.17) is 14.6 Å². The fraction of sp³-hybridized carbons (Fsp3) is 0.241. The van der Waals surface area contributed by atoms with E-state index in [0.717, 1.165) is 22.4 Å². The van der Waals surface area contributed by atoms with Gasteiger partial charge in [0.1, 0.15) is 22.6 Å². The van der Waals surface area contributed by atoms with Crippen molar-refractivity contribution in [3.8, 4) is 11.5 Å². The summed E-state index contributed by atoms with van der Waals surface area (Å²) in [5.41, 5.74) is 4.16. The molecule has 200 valence electrons. The first-order chi connectivity index (χ1) is 18.8. The van der Waals surface area contributed by atoms with Gasteiger partial charge in [-0.05, 0) is 42.3 Å². The second-order valence-corrected chi connectivity index (χ2v) is 10.4. The molecule has 2 aliphatic heterocycles. The van der Waals surface area contributed by atoms with Crippen LogP contribution in [-0.2, 0) is 9.59 Å². The molecule has 39 heavy (non-hydrogen) atoms. The highest BCUT2D eigenvalue weighted by Crippen LogP contribution is 2.39. The van der Waals surface area contributed by atoms with Gasteiger partial charge < -0.3 is 14.8 Å². The number of hydrazone groups is 1. The molecule has 10 heteroatoms. The number of benzene rings is 3. The fourth-order valence-electron chi connectivity index (χ4n) is 4.44. The Morgan fingerprint density at radius 1 is 1.08 bits per heavy atom. The highest BCUT2D eigenvalue weighted by atomic mass is 32.2.